The number of aromatic amines is 1. The number of pyridine rings is 1. The molecule has 5 heteroatoms. The average Bonchev–Trinajstić information content (AvgIpc) is 2.86. The molecule has 0 spiro atoms. The van der Waals surface area contributed by atoms with E-state index in [1.54, 1.807) is 4.57 Å². The van der Waals surface area contributed by atoms with Crippen molar-refractivity contribution < 1.29 is 4.42 Å². The number of rotatable bonds is 1. The van der Waals surface area contributed by atoms with Crippen molar-refractivity contribution in [3.05, 3.63) is 45.2 Å². The zero-order valence-electron chi connectivity index (χ0n) is 11.6. The first-order valence-electron chi connectivity index (χ1n) is 7.42. The Morgan fingerprint density at radius 1 is 1.10 bits per heavy atom. The molecule has 1 aromatic carbocycles. The molecule has 21 heavy (non-hydrogen) atoms. The Labute approximate surface area is 120 Å². The lowest BCUT2D eigenvalue weighted by Gasteiger charge is -2.21. The fourth-order valence-electron chi connectivity index (χ4n) is 3.42. The Hall–Kier alpha value is -2.30. The molecule has 0 unspecified atom stereocenters. The predicted octanol–water partition coefficient (Wildman–Crippen LogP) is 2.94. The van der Waals surface area contributed by atoms with E-state index in [9.17, 15) is 9.59 Å². The summed E-state index contributed by atoms with van der Waals surface area (Å²) < 4.78 is 7.00. The molecule has 2 heterocycles. The van der Waals surface area contributed by atoms with Crippen molar-refractivity contribution in [3.63, 3.8) is 0 Å². The van der Waals surface area contributed by atoms with Crippen LogP contribution in [0.2, 0.25) is 0 Å². The molecule has 0 amide bonds. The number of para-hydroxylation sites is 1. The highest BCUT2D eigenvalue weighted by atomic mass is 16.4. The molecule has 0 bridgehead atoms. The lowest BCUT2D eigenvalue weighted by Crippen LogP contribution is -2.25. The second-order valence-corrected chi connectivity index (χ2v) is 5.71. The minimum atomic E-state index is -0.418. The summed E-state index contributed by atoms with van der Waals surface area (Å²) in [7, 11) is 0. The number of H-pyrrole nitrogens is 1. The van der Waals surface area contributed by atoms with Crippen LogP contribution in [0.15, 0.2) is 38.3 Å². The van der Waals surface area contributed by atoms with E-state index in [1.807, 2.05) is 24.3 Å². The van der Waals surface area contributed by atoms with Gasteiger partial charge in [-0.3, -0.25) is 9.36 Å². The van der Waals surface area contributed by atoms with Crippen LogP contribution in [0.1, 0.15) is 38.1 Å². The van der Waals surface area contributed by atoms with E-state index >= 15 is 0 Å². The normalized spacial score (nSPS) is 16.8. The van der Waals surface area contributed by atoms with Crippen molar-refractivity contribution in [1.29, 1.82) is 0 Å². The molecule has 1 aliphatic rings. The lowest BCUT2D eigenvalue weighted by molar-refractivity contribution is 0.336. The Bertz CT molecular complexity index is 926. The van der Waals surface area contributed by atoms with Crippen molar-refractivity contribution >= 4 is 22.0 Å². The van der Waals surface area contributed by atoms with Crippen LogP contribution in [0.3, 0.4) is 0 Å². The molecule has 108 valence electrons. The monoisotopic (exact) mass is 284 g/mol. The maximum Gasteiger partial charge on any atom is 0.420 e. The maximum atomic E-state index is 12.4. The molecule has 0 saturated heterocycles. The molecule has 1 saturated carbocycles. The highest BCUT2D eigenvalue weighted by molar-refractivity contribution is 6.00. The summed E-state index contributed by atoms with van der Waals surface area (Å²) in [4.78, 5) is 27.5. The van der Waals surface area contributed by atoms with Crippen LogP contribution in [-0.2, 0) is 0 Å². The van der Waals surface area contributed by atoms with Gasteiger partial charge in [0.15, 0.2) is 11.1 Å². The zero-order valence-corrected chi connectivity index (χ0v) is 11.6. The average molecular weight is 284 g/mol. The fourth-order valence-corrected chi connectivity index (χ4v) is 3.42. The van der Waals surface area contributed by atoms with Gasteiger partial charge >= 0.3 is 5.76 Å². The lowest BCUT2D eigenvalue weighted by atomic mass is 9.95. The number of fused-ring (bicyclic) bond motifs is 3. The van der Waals surface area contributed by atoms with E-state index in [2.05, 4.69) is 4.98 Å². The van der Waals surface area contributed by atoms with E-state index in [-0.39, 0.29) is 11.6 Å². The van der Waals surface area contributed by atoms with E-state index in [1.165, 1.54) is 6.42 Å². The molecule has 0 atom stereocenters. The number of benzene rings is 1. The minimum Gasteiger partial charge on any atom is -0.407 e. The van der Waals surface area contributed by atoms with Gasteiger partial charge < -0.3 is 9.40 Å². The first kappa shape index (κ1) is 12.4. The fraction of sp³-hybridized carbons (Fsp3) is 0.375. The van der Waals surface area contributed by atoms with Gasteiger partial charge in [-0.25, -0.2) is 4.79 Å². The number of hydrogen-bond donors (Lipinski definition) is 1. The second kappa shape index (κ2) is 4.62. The highest BCUT2D eigenvalue weighted by Crippen LogP contribution is 2.30. The number of nitrogens with one attached hydrogen (secondary N) is 1. The zero-order chi connectivity index (χ0) is 14.4. The van der Waals surface area contributed by atoms with Crippen molar-refractivity contribution in [3.8, 4) is 0 Å². The minimum absolute atomic E-state index is 0.0785. The topological polar surface area (TPSA) is 68.0 Å². The van der Waals surface area contributed by atoms with Gasteiger partial charge in [0.2, 0.25) is 0 Å². The predicted molar refractivity (Wildman–Crippen MR) is 80.7 cm³/mol. The Morgan fingerprint density at radius 3 is 2.67 bits per heavy atom. The third-order valence-electron chi connectivity index (χ3n) is 4.42. The molecule has 0 aliphatic heterocycles. The van der Waals surface area contributed by atoms with Gasteiger partial charge in [0.1, 0.15) is 0 Å². The molecule has 0 radical (unpaired) electrons. The number of hydrogen-bond acceptors (Lipinski definition) is 3. The van der Waals surface area contributed by atoms with Crippen LogP contribution < -0.4 is 11.3 Å². The number of aromatic nitrogens is 2. The molecule has 1 aliphatic carbocycles. The van der Waals surface area contributed by atoms with Crippen molar-refractivity contribution in [1.82, 2.24) is 9.55 Å². The van der Waals surface area contributed by atoms with Crippen LogP contribution >= 0.6 is 0 Å². The number of oxazole rings is 1. The molecular formula is C16H16N2O3. The standard InChI is InChI=1S/C16H16N2O3/c19-15-13-14(11-8-4-5-9-12(11)17-15)21-16(20)18(13)10-6-2-1-3-7-10/h4-5,8-10H,1-3,6-7H2,(H,17,19). The van der Waals surface area contributed by atoms with E-state index in [0.717, 1.165) is 31.1 Å². The maximum absolute atomic E-state index is 12.4. The third kappa shape index (κ3) is 1.84. The van der Waals surface area contributed by atoms with Crippen LogP contribution in [-0.4, -0.2) is 9.55 Å². The smallest absolute Gasteiger partial charge is 0.407 e. The molecule has 2 aromatic heterocycles. The molecule has 4 rings (SSSR count). The SMILES string of the molecule is O=c1[nH]c2ccccc2c2oc(=O)n(C3CCCCC3)c12. The van der Waals surface area contributed by atoms with Gasteiger partial charge in [-0.15, -0.1) is 0 Å². The van der Waals surface area contributed by atoms with Crippen LogP contribution in [0.25, 0.3) is 22.0 Å². The van der Waals surface area contributed by atoms with Gasteiger partial charge in [0, 0.05) is 11.4 Å². The van der Waals surface area contributed by atoms with Crippen molar-refractivity contribution in [2.45, 2.75) is 38.1 Å². The number of nitrogens with zero attached hydrogens (tertiary/aromatic N) is 1. The van der Waals surface area contributed by atoms with Crippen molar-refractivity contribution in [2.75, 3.05) is 0 Å². The Balaban J connectivity index is 2.08. The van der Waals surface area contributed by atoms with E-state index in [4.69, 9.17) is 4.42 Å². The van der Waals surface area contributed by atoms with E-state index < -0.39 is 5.76 Å². The second-order valence-electron chi connectivity index (χ2n) is 5.71. The van der Waals surface area contributed by atoms with Gasteiger partial charge in [0.05, 0.1) is 5.52 Å². The van der Waals surface area contributed by atoms with Crippen LogP contribution in [0, 0.1) is 0 Å². The molecule has 1 N–H and O–H groups in total. The quantitative estimate of drug-likeness (QED) is 0.747. The summed E-state index contributed by atoms with van der Waals surface area (Å²) in [5.41, 5.74) is 1.23. The van der Waals surface area contributed by atoms with Crippen LogP contribution in [0.4, 0.5) is 0 Å². The third-order valence-corrected chi connectivity index (χ3v) is 4.42. The summed E-state index contributed by atoms with van der Waals surface area (Å²) in [5.74, 6) is -0.418. The summed E-state index contributed by atoms with van der Waals surface area (Å²) >= 11 is 0. The van der Waals surface area contributed by atoms with Gasteiger partial charge in [-0.1, -0.05) is 31.4 Å². The largest absolute Gasteiger partial charge is 0.420 e. The first-order chi connectivity index (χ1) is 10.3. The highest BCUT2D eigenvalue weighted by Gasteiger charge is 2.24. The summed E-state index contributed by atoms with van der Waals surface area (Å²) in [6.07, 6.45) is 5.24. The Morgan fingerprint density at radius 2 is 1.86 bits per heavy atom. The van der Waals surface area contributed by atoms with Gasteiger partial charge in [0.25, 0.3) is 5.56 Å². The van der Waals surface area contributed by atoms with Gasteiger partial charge in [-0.05, 0) is 25.0 Å². The summed E-state index contributed by atoms with van der Waals surface area (Å²) in [6.45, 7) is 0. The molecular weight excluding hydrogens is 268 g/mol. The first-order valence-corrected chi connectivity index (χ1v) is 7.42. The van der Waals surface area contributed by atoms with Crippen molar-refractivity contribution in [2.24, 2.45) is 0 Å². The Kier molecular flexibility index (Phi) is 2.74. The van der Waals surface area contributed by atoms with Crippen LogP contribution in [0.5, 0.6) is 0 Å². The molecule has 5 nitrogen and oxygen atoms in total. The summed E-state index contributed by atoms with van der Waals surface area (Å²) in [5, 5.41) is 0.777. The summed E-state index contributed by atoms with van der Waals surface area (Å²) in [6, 6.07) is 7.48. The molecule has 3 aromatic rings. The van der Waals surface area contributed by atoms with E-state index in [0.29, 0.717) is 16.6 Å². The molecule has 1 fully saturated rings. The van der Waals surface area contributed by atoms with Gasteiger partial charge in [-0.2, -0.15) is 0 Å².